The Hall–Kier alpha value is -4.66. The molecule has 5 aromatic rings. The Morgan fingerprint density at radius 3 is 2.71 bits per heavy atom. The summed E-state index contributed by atoms with van der Waals surface area (Å²) in [6, 6.07) is 15.8. The third-order valence-electron chi connectivity index (χ3n) is 7.23. The molecule has 0 aliphatic heterocycles. The number of hydrogen-bond donors (Lipinski definition) is 3. The van der Waals surface area contributed by atoms with Gasteiger partial charge in [0.1, 0.15) is 37.9 Å². The first-order chi connectivity index (χ1) is 19.9. The Morgan fingerprint density at radius 2 is 2.00 bits per heavy atom. The average Bonchev–Trinajstić information content (AvgIpc) is 3.70. The molecule has 1 aliphatic rings. The van der Waals surface area contributed by atoms with Crippen LogP contribution in [0.2, 0.25) is 0 Å². The highest BCUT2D eigenvalue weighted by Gasteiger charge is 2.32. The smallest absolute Gasteiger partial charge is 0.341 e. The topological polar surface area (TPSA) is 157 Å². The van der Waals surface area contributed by atoms with Gasteiger partial charge in [0.05, 0.1) is 29.7 Å². The number of esters is 1. The van der Waals surface area contributed by atoms with Crippen LogP contribution in [-0.2, 0) is 17.6 Å². The van der Waals surface area contributed by atoms with E-state index in [2.05, 4.69) is 28.5 Å². The molecule has 0 saturated carbocycles. The van der Waals surface area contributed by atoms with Crippen molar-refractivity contribution >= 4 is 61.3 Å². The lowest BCUT2D eigenvalue weighted by molar-refractivity contribution is 0.0526. The van der Waals surface area contributed by atoms with Gasteiger partial charge in [0.2, 0.25) is 0 Å². The number of nitrogens with one attached hydrogen (secondary N) is 1. The molecule has 0 saturated heterocycles. The van der Waals surface area contributed by atoms with Gasteiger partial charge in [-0.3, -0.25) is 4.79 Å². The molecule has 1 amide bonds. The maximum Gasteiger partial charge on any atom is 0.341 e. The molecule has 4 heterocycles. The zero-order valence-electron chi connectivity index (χ0n) is 22.0. The molecular weight excluding hydrogens is 558 g/mol. The Bertz CT molecular complexity index is 1830. The molecule has 0 spiro atoms. The molecule has 9 nitrogen and oxygen atoms in total. The van der Waals surface area contributed by atoms with Crippen molar-refractivity contribution in [2.75, 3.05) is 23.4 Å². The molecule has 206 valence electrons. The van der Waals surface area contributed by atoms with E-state index in [1.165, 1.54) is 23.2 Å². The number of benzene rings is 1. The minimum Gasteiger partial charge on any atom is -0.464 e. The van der Waals surface area contributed by atoms with Crippen molar-refractivity contribution in [3.8, 4) is 17.4 Å². The van der Waals surface area contributed by atoms with Crippen molar-refractivity contribution in [1.82, 2.24) is 4.98 Å². The highest BCUT2D eigenvalue weighted by molar-refractivity contribution is 7.21. The van der Waals surface area contributed by atoms with Crippen molar-refractivity contribution in [3.05, 3.63) is 80.7 Å². The van der Waals surface area contributed by atoms with Gasteiger partial charge in [-0.25, -0.2) is 9.78 Å². The van der Waals surface area contributed by atoms with Crippen molar-refractivity contribution in [2.24, 2.45) is 0 Å². The summed E-state index contributed by atoms with van der Waals surface area (Å²) in [5.74, 6) is -0.221. The first kappa shape index (κ1) is 26.6. The Morgan fingerprint density at radius 1 is 1.20 bits per heavy atom. The predicted molar refractivity (Wildman–Crippen MR) is 160 cm³/mol. The predicted octanol–water partition coefficient (Wildman–Crippen LogP) is 6.36. The van der Waals surface area contributed by atoms with Crippen LogP contribution in [0.1, 0.15) is 60.9 Å². The van der Waals surface area contributed by atoms with Crippen LogP contribution in [0.3, 0.4) is 0 Å². The van der Waals surface area contributed by atoms with Crippen molar-refractivity contribution in [3.63, 3.8) is 0 Å². The average molecular weight is 584 g/mol. The molecule has 0 bridgehead atoms. The molecule has 1 aromatic carbocycles. The van der Waals surface area contributed by atoms with E-state index >= 15 is 0 Å². The molecule has 1 unspecified atom stereocenters. The Kier molecular flexibility index (Phi) is 6.95. The van der Waals surface area contributed by atoms with E-state index in [4.69, 9.17) is 20.6 Å². The number of carbonyl (C=O) groups excluding carboxylic acids is 2. The Labute approximate surface area is 243 Å². The van der Waals surface area contributed by atoms with Crippen LogP contribution in [0.15, 0.2) is 53.1 Å². The number of thiophene rings is 2. The van der Waals surface area contributed by atoms with Crippen LogP contribution in [0.25, 0.3) is 21.5 Å². The fraction of sp³-hybridized carbons (Fsp3) is 0.200. The second-order valence-corrected chi connectivity index (χ2v) is 11.7. The lowest BCUT2D eigenvalue weighted by Crippen LogP contribution is -2.17. The minimum absolute atomic E-state index is 0.0168. The second kappa shape index (κ2) is 10.7. The SMILES string of the molecule is CCOC(=O)c1c(NC(=O)c2sc3nc(N)c(C#N)c(-c4ccco4)c3c2N)sc2c1CCC(c1ccccc1)C2. The molecule has 0 radical (unpaired) electrons. The van der Waals surface area contributed by atoms with Crippen molar-refractivity contribution in [2.45, 2.75) is 32.1 Å². The fourth-order valence-electron chi connectivity index (χ4n) is 5.38. The number of rotatable bonds is 6. The van der Waals surface area contributed by atoms with Crippen molar-refractivity contribution in [1.29, 1.82) is 5.26 Å². The summed E-state index contributed by atoms with van der Waals surface area (Å²) in [5.41, 5.74) is 15.9. The molecule has 1 aliphatic carbocycles. The van der Waals surface area contributed by atoms with Gasteiger partial charge in [-0.15, -0.1) is 22.7 Å². The summed E-state index contributed by atoms with van der Waals surface area (Å²) in [5, 5.41) is 13.6. The van der Waals surface area contributed by atoms with E-state index < -0.39 is 11.9 Å². The van der Waals surface area contributed by atoms with Crippen LogP contribution in [0.4, 0.5) is 16.5 Å². The number of nitriles is 1. The summed E-state index contributed by atoms with van der Waals surface area (Å²) in [6.07, 6.45) is 3.84. The van der Waals surface area contributed by atoms with Crippen LogP contribution < -0.4 is 16.8 Å². The van der Waals surface area contributed by atoms with Gasteiger partial charge in [-0.05, 0) is 55.4 Å². The lowest BCUT2D eigenvalue weighted by Gasteiger charge is -2.23. The molecule has 11 heteroatoms. The summed E-state index contributed by atoms with van der Waals surface area (Å²) in [6.45, 7) is 1.97. The summed E-state index contributed by atoms with van der Waals surface area (Å²) in [4.78, 5) is 32.8. The first-order valence-electron chi connectivity index (χ1n) is 13.0. The van der Waals surface area contributed by atoms with E-state index in [0.29, 0.717) is 44.4 Å². The van der Waals surface area contributed by atoms with Gasteiger partial charge >= 0.3 is 5.97 Å². The Balaban J connectivity index is 1.40. The van der Waals surface area contributed by atoms with Gasteiger partial charge in [-0.2, -0.15) is 5.26 Å². The molecular formula is C30H25N5O4S2. The molecule has 0 fully saturated rings. The molecule has 1 atom stereocenters. The quantitative estimate of drug-likeness (QED) is 0.195. The number of nitrogen functional groups attached to an aromatic ring is 2. The largest absolute Gasteiger partial charge is 0.464 e. The standard InChI is InChI=1S/C30H25N5O4S2/c1-2-38-30(37)22-17-11-10-16(15-7-4-3-5-8-15)13-20(17)40-28(22)35-27(36)25-24(32)23-21(19-9-6-12-39-19)18(14-31)26(33)34-29(23)41-25/h3-9,12,16H,2,10-11,13,32H2,1H3,(H2,33,34)(H,35,36). The summed E-state index contributed by atoms with van der Waals surface area (Å²) in [7, 11) is 0. The number of aromatic nitrogens is 1. The number of pyridine rings is 1. The number of hydrogen-bond acceptors (Lipinski definition) is 10. The third kappa shape index (κ3) is 4.61. The normalized spacial score (nSPS) is 14.4. The minimum atomic E-state index is -0.489. The number of ether oxygens (including phenoxy) is 1. The van der Waals surface area contributed by atoms with E-state index in [9.17, 15) is 14.9 Å². The number of anilines is 3. The summed E-state index contributed by atoms with van der Waals surface area (Å²) >= 11 is 2.46. The van der Waals surface area contributed by atoms with E-state index in [1.54, 1.807) is 19.1 Å². The second-order valence-electron chi connectivity index (χ2n) is 9.59. The molecule has 41 heavy (non-hydrogen) atoms. The lowest BCUT2D eigenvalue weighted by atomic mass is 9.83. The number of carbonyl (C=O) groups is 2. The number of nitrogens with zero attached hydrogens (tertiary/aromatic N) is 2. The zero-order chi connectivity index (χ0) is 28.7. The van der Waals surface area contributed by atoms with Crippen LogP contribution >= 0.6 is 22.7 Å². The number of amides is 1. The zero-order valence-corrected chi connectivity index (χ0v) is 23.7. The van der Waals surface area contributed by atoms with Crippen molar-refractivity contribution < 1.29 is 18.7 Å². The number of nitrogens with two attached hydrogens (primary N) is 2. The van der Waals surface area contributed by atoms with Crippen LogP contribution in [0.5, 0.6) is 0 Å². The van der Waals surface area contributed by atoms with E-state index in [0.717, 1.165) is 34.6 Å². The molecule has 6 rings (SSSR count). The van der Waals surface area contributed by atoms with E-state index in [-0.39, 0.29) is 28.6 Å². The van der Waals surface area contributed by atoms with E-state index in [1.807, 2.05) is 18.2 Å². The maximum absolute atomic E-state index is 13.7. The molecule has 4 aromatic heterocycles. The monoisotopic (exact) mass is 583 g/mol. The third-order valence-corrected chi connectivity index (χ3v) is 9.50. The van der Waals surface area contributed by atoms with Gasteiger partial charge in [0.25, 0.3) is 5.91 Å². The van der Waals surface area contributed by atoms with Crippen LogP contribution in [0, 0.1) is 11.3 Å². The van der Waals surface area contributed by atoms with Gasteiger partial charge in [0, 0.05) is 10.3 Å². The first-order valence-corrected chi connectivity index (χ1v) is 14.7. The molecule has 5 N–H and O–H groups in total. The van der Waals surface area contributed by atoms with Gasteiger partial charge < -0.3 is 25.9 Å². The summed E-state index contributed by atoms with van der Waals surface area (Å²) < 4.78 is 11.0. The maximum atomic E-state index is 13.7. The van der Waals surface area contributed by atoms with Crippen LogP contribution in [-0.4, -0.2) is 23.5 Å². The highest BCUT2D eigenvalue weighted by Crippen LogP contribution is 2.45. The number of fused-ring (bicyclic) bond motifs is 2. The van der Waals surface area contributed by atoms with Gasteiger partial charge in [0.15, 0.2) is 0 Å². The fourth-order valence-corrected chi connectivity index (χ4v) is 7.70. The number of furan rings is 1. The van der Waals surface area contributed by atoms with Gasteiger partial charge in [-0.1, -0.05) is 30.3 Å². The highest BCUT2D eigenvalue weighted by atomic mass is 32.1.